The predicted octanol–water partition coefficient (Wildman–Crippen LogP) is 2.81. The van der Waals surface area contributed by atoms with Crippen LogP contribution < -0.4 is 0 Å². The van der Waals surface area contributed by atoms with Gasteiger partial charge in [-0.1, -0.05) is 11.6 Å². The molecule has 0 bridgehead atoms. The molecule has 0 saturated carbocycles. The highest BCUT2D eigenvalue weighted by atomic mass is 35.5. The second-order valence-electron chi connectivity index (χ2n) is 6.74. The molecule has 4 rings (SSSR count). The van der Waals surface area contributed by atoms with Crippen LogP contribution in [0.1, 0.15) is 27.4 Å². The molecule has 4 heterocycles. The van der Waals surface area contributed by atoms with Crippen molar-refractivity contribution >= 4 is 17.5 Å². The number of hydrogen-bond donors (Lipinski definition) is 0. The van der Waals surface area contributed by atoms with Crippen LogP contribution in [0.2, 0.25) is 5.02 Å². The molecule has 1 aliphatic rings. The molecule has 140 valence electrons. The van der Waals surface area contributed by atoms with Crippen LogP contribution in [0.25, 0.3) is 0 Å². The normalized spacial score (nSPS) is 13.8. The largest absolute Gasteiger partial charge is 0.472 e. The van der Waals surface area contributed by atoms with E-state index in [0.29, 0.717) is 30.4 Å². The van der Waals surface area contributed by atoms with Crippen LogP contribution in [0.4, 0.5) is 0 Å². The predicted molar refractivity (Wildman–Crippen MR) is 100 cm³/mol. The molecule has 0 aromatic carbocycles. The van der Waals surface area contributed by atoms with Gasteiger partial charge in [-0.05, 0) is 31.3 Å². The lowest BCUT2D eigenvalue weighted by molar-refractivity contribution is 0.0700. The second-order valence-corrected chi connectivity index (χ2v) is 7.18. The Labute approximate surface area is 162 Å². The summed E-state index contributed by atoms with van der Waals surface area (Å²) in [5.41, 5.74) is 3.58. The van der Waals surface area contributed by atoms with Crippen molar-refractivity contribution in [3.05, 3.63) is 70.7 Å². The minimum atomic E-state index is -0.0854. The zero-order valence-corrected chi connectivity index (χ0v) is 15.8. The average molecular weight is 386 g/mol. The van der Waals surface area contributed by atoms with E-state index in [2.05, 4.69) is 21.0 Å². The number of carbonyl (C=O) groups excluding carboxylic acids is 1. The molecule has 0 atom stereocenters. The number of aromatic nitrogens is 3. The lowest BCUT2D eigenvalue weighted by Crippen LogP contribution is -2.38. The van der Waals surface area contributed by atoms with E-state index in [1.165, 1.54) is 6.20 Å². The van der Waals surface area contributed by atoms with E-state index >= 15 is 0 Å². The van der Waals surface area contributed by atoms with E-state index < -0.39 is 0 Å². The average Bonchev–Trinajstić information content (AvgIpc) is 3.30. The van der Waals surface area contributed by atoms with Gasteiger partial charge in [0.25, 0.3) is 5.91 Å². The first kappa shape index (κ1) is 17.8. The third kappa shape index (κ3) is 4.04. The molecule has 1 amide bonds. The van der Waals surface area contributed by atoms with Crippen molar-refractivity contribution in [3.63, 3.8) is 0 Å². The summed E-state index contributed by atoms with van der Waals surface area (Å²) in [4.78, 5) is 20.8. The smallest absolute Gasteiger partial charge is 0.272 e. The SMILES string of the molecule is CN(Cc1ccoc1)Cc1cc2n(n1)CCN(C(=O)c1ccc(Cl)cn1)C2. The maximum Gasteiger partial charge on any atom is 0.272 e. The lowest BCUT2D eigenvalue weighted by Gasteiger charge is -2.27. The van der Waals surface area contributed by atoms with Crippen LogP contribution in [0.15, 0.2) is 47.4 Å². The fraction of sp³-hybridized carbons (Fsp3) is 0.316. The molecule has 0 unspecified atom stereocenters. The number of rotatable bonds is 5. The number of hydrogen-bond acceptors (Lipinski definition) is 5. The van der Waals surface area contributed by atoms with E-state index in [0.717, 1.165) is 30.0 Å². The van der Waals surface area contributed by atoms with E-state index in [1.807, 2.05) is 17.8 Å². The molecular weight excluding hydrogens is 366 g/mol. The Hall–Kier alpha value is -2.64. The lowest BCUT2D eigenvalue weighted by atomic mass is 10.2. The Kier molecular flexibility index (Phi) is 4.96. The molecule has 3 aromatic heterocycles. The Morgan fingerprint density at radius 1 is 1.30 bits per heavy atom. The van der Waals surface area contributed by atoms with Crippen LogP contribution in [-0.2, 0) is 26.2 Å². The summed E-state index contributed by atoms with van der Waals surface area (Å²) in [6.07, 6.45) is 4.93. The van der Waals surface area contributed by atoms with Gasteiger partial charge in [-0.25, -0.2) is 4.98 Å². The first-order valence-corrected chi connectivity index (χ1v) is 9.12. The van der Waals surface area contributed by atoms with E-state index in [-0.39, 0.29) is 5.91 Å². The summed E-state index contributed by atoms with van der Waals surface area (Å²) in [6, 6.07) is 7.38. The van der Waals surface area contributed by atoms with Crippen molar-refractivity contribution in [2.75, 3.05) is 13.6 Å². The fourth-order valence-electron chi connectivity index (χ4n) is 3.27. The van der Waals surface area contributed by atoms with Crippen molar-refractivity contribution in [1.29, 1.82) is 0 Å². The van der Waals surface area contributed by atoms with Gasteiger partial charge < -0.3 is 9.32 Å². The Morgan fingerprint density at radius 2 is 2.19 bits per heavy atom. The summed E-state index contributed by atoms with van der Waals surface area (Å²) in [5, 5.41) is 5.20. The molecule has 3 aromatic rings. The quantitative estimate of drug-likeness (QED) is 0.675. The molecule has 0 saturated heterocycles. The van der Waals surface area contributed by atoms with Gasteiger partial charge in [-0.3, -0.25) is 14.4 Å². The first-order valence-electron chi connectivity index (χ1n) is 8.74. The summed E-state index contributed by atoms with van der Waals surface area (Å²) in [5.74, 6) is -0.0854. The molecule has 0 fully saturated rings. The summed E-state index contributed by atoms with van der Waals surface area (Å²) in [7, 11) is 2.05. The zero-order chi connectivity index (χ0) is 18.8. The molecular formula is C19H20ClN5O2. The van der Waals surface area contributed by atoms with Crippen LogP contribution in [0.3, 0.4) is 0 Å². The van der Waals surface area contributed by atoms with Crippen molar-refractivity contribution in [2.45, 2.75) is 26.2 Å². The van der Waals surface area contributed by atoms with Crippen LogP contribution in [-0.4, -0.2) is 44.1 Å². The van der Waals surface area contributed by atoms with Crippen LogP contribution in [0, 0.1) is 0 Å². The van der Waals surface area contributed by atoms with Crippen molar-refractivity contribution < 1.29 is 9.21 Å². The molecule has 0 spiro atoms. The maximum atomic E-state index is 12.7. The number of fused-ring (bicyclic) bond motifs is 1. The van der Waals surface area contributed by atoms with Crippen LogP contribution >= 0.6 is 11.6 Å². The van der Waals surface area contributed by atoms with Gasteiger partial charge in [0.1, 0.15) is 5.69 Å². The van der Waals surface area contributed by atoms with Gasteiger partial charge in [0.2, 0.25) is 0 Å². The number of halogens is 1. The van der Waals surface area contributed by atoms with Gasteiger partial charge in [-0.15, -0.1) is 0 Å². The molecule has 8 heteroatoms. The van der Waals surface area contributed by atoms with E-state index in [1.54, 1.807) is 29.6 Å². The third-order valence-corrected chi connectivity index (χ3v) is 4.77. The summed E-state index contributed by atoms with van der Waals surface area (Å²) < 4.78 is 7.10. The molecule has 0 radical (unpaired) electrons. The van der Waals surface area contributed by atoms with Gasteiger partial charge in [0, 0.05) is 31.4 Å². The van der Waals surface area contributed by atoms with Gasteiger partial charge in [0.05, 0.1) is 42.0 Å². The molecule has 1 aliphatic heterocycles. The topological polar surface area (TPSA) is 67.4 Å². The molecule has 0 N–H and O–H groups in total. The molecule has 7 nitrogen and oxygen atoms in total. The minimum Gasteiger partial charge on any atom is -0.472 e. The highest BCUT2D eigenvalue weighted by molar-refractivity contribution is 6.30. The summed E-state index contributed by atoms with van der Waals surface area (Å²) in [6.45, 7) is 3.35. The number of furan rings is 1. The van der Waals surface area contributed by atoms with Gasteiger partial charge >= 0.3 is 0 Å². The fourth-order valence-corrected chi connectivity index (χ4v) is 3.38. The summed E-state index contributed by atoms with van der Waals surface area (Å²) >= 11 is 5.85. The van der Waals surface area contributed by atoms with Crippen molar-refractivity contribution in [2.24, 2.45) is 0 Å². The number of amides is 1. The number of nitrogens with zero attached hydrogens (tertiary/aromatic N) is 5. The van der Waals surface area contributed by atoms with E-state index in [4.69, 9.17) is 16.0 Å². The third-order valence-electron chi connectivity index (χ3n) is 4.55. The molecule has 27 heavy (non-hydrogen) atoms. The Bertz CT molecular complexity index is 920. The number of pyridine rings is 1. The maximum absolute atomic E-state index is 12.7. The van der Waals surface area contributed by atoms with E-state index in [9.17, 15) is 4.79 Å². The van der Waals surface area contributed by atoms with Gasteiger partial charge in [-0.2, -0.15) is 5.10 Å². The highest BCUT2D eigenvalue weighted by Gasteiger charge is 2.24. The Balaban J connectivity index is 1.41. The minimum absolute atomic E-state index is 0.0854. The highest BCUT2D eigenvalue weighted by Crippen LogP contribution is 2.18. The standard InChI is InChI=1S/C19H20ClN5O2/c1-23(10-14-4-7-27-13-14)11-16-8-17-12-24(5-6-25(17)22-16)19(26)18-3-2-15(20)9-21-18/h2-4,7-9,13H,5-6,10-12H2,1H3. The van der Waals surface area contributed by atoms with Gasteiger partial charge in [0.15, 0.2) is 0 Å². The zero-order valence-electron chi connectivity index (χ0n) is 15.0. The second kappa shape index (κ2) is 7.54. The number of carbonyl (C=O) groups is 1. The van der Waals surface area contributed by atoms with Crippen molar-refractivity contribution in [3.8, 4) is 0 Å². The monoisotopic (exact) mass is 385 g/mol. The molecule has 0 aliphatic carbocycles. The van der Waals surface area contributed by atoms with Crippen molar-refractivity contribution in [1.82, 2.24) is 24.6 Å². The Morgan fingerprint density at radius 3 is 2.93 bits per heavy atom. The first-order chi connectivity index (χ1) is 13.1. The van der Waals surface area contributed by atoms with Crippen LogP contribution in [0.5, 0.6) is 0 Å².